The van der Waals surface area contributed by atoms with Gasteiger partial charge in [-0.15, -0.1) is 11.8 Å². The van der Waals surface area contributed by atoms with Crippen LogP contribution in [-0.4, -0.2) is 50.8 Å². The van der Waals surface area contributed by atoms with Gasteiger partial charge >= 0.3 is 5.97 Å². The van der Waals surface area contributed by atoms with E-state index in [1.807, 2.05) is 25.2 Å². The number of carboxylic acid groups (broad SMARTS) is 1. The normalized spacial score (nSPS) is 22.3. The molecule has 0 aliphatic heterocycles. The molecule has 0 aromatic heterocycles. The van der Waals surface area contributed by atoms with Gasteiger partial charge in [0.05, 0.1) is 12.7 Å². The number of aliphatic hydroxyl groups excluding tert-OH is 2. The van der Waals surface area contributed by atoms with Crippen molar-refractivity contribution >= 4 is 23.5 Å². The lowest BCUT2D eigenvalue weighted by molar-refractivity contribution is -0.136. The molecule has 160 valence electrons. The van der Waals surface area contributed by atoms with Gasteiger partial charge in [-0.25, -0.2) is 0 Å². The van der Waals surface area contributed by atoms with Crippen LogP contribution < -0.4 is 0 Å². The molecule has 4 atom stereocenters. The van der Waals surface area contributed by atoms with E-state index in [9.17, 15) is 19.8 Å². The van der Waals surface area contributed by atoms with Crippen LogP contribution in [0.3, 0.4) is 0 Å². The summed E-state index contributed by atoms with van der Waals surface area (Å²) in [6, 6.07) is 0. The van der Waals surface area contributed by atoms with Crippen LogP contribution in [0.2, 0.25) is 0 Å². The van der Waals surface area contributed by atoms with Gasteiger partial charge in [-0.05, 0) is 38.0 Å². The number of ketones is 1. The molecule has 0 heterocycles. The Bertz CT molecular complexity index is 517. The molecule has 6 heteroatoms. The lowest BCUT2D eigenvalue weighted by atomic mass is 9.89. The number of carboxylic acids is 1. The Labute approximate surface area is 173 Å². The molecular weight excluding hydrogens is 376 g/mol. The zero-order valence-electron chi connectivity index (χ0n) is 17.0. The van der Waals surface area contributed by atoms with Crippen LogP contribution in [0.4, 0.5) is 0 Å². The fourth-order valence-electron chi connectivity index (χ4n) is 3.65. The summed E-state index contributed by atoms with van der Waals surface area (Å²) in [5, 5.41) is 27.4. The van der Waals surface area contributed by atoms with Crippen molar-refractivity contribution in [3.05, 3.63) is 24.3 Å². The third kappa shape index (κ3) is 9.89. The summed E-state index contributed by atoms with van der Waals surface area (Å²) < 4.78 is 0. The van der Waals surface area contributed by atoms with Crippen molar-refractivity contribution in [2.75, 3.05) is 12.4 Å². The van der Waals surface area contributed by atoms with Crippen LogP contribution >= 0.6 is 11.8 Å². The Morgan fingerprint density at radius 1 is 1.29 bits per heavy atom. The first-order valence-corrected chi connectivity index (χ1v) is 11.5. The maximum Gasteiger partial charge on any atom is 0.316 e. The summed E-state index contributed by atoms with van der Waals surface area (Å²) in [6.45, 7) is 2.03. The number of carbonyl (C=O) groups excluding carboxylic acids is 1. The second-order valence-corrected chi connectivity index (χ2v) is 8.71. The summed E-state index contributed by atoms with van der Waals surface area (Å²) in [6.07, 6.45) is 14.6. The molecular formula is C22H36O5S. The minimum absolute atomic E-state index is 0.000929. The summed E-state index contributed by atoms with van der Waals surface area (Å²) in [5.74, 6) is 0.304. The molecule has 1 aliphatic rings. The topological polar surface area (TPSA) is 94.8 Å². The van der Waals surface area contributed by atoms with Crippen LogP contribution in [0.25, 0.3) is 0 Å². The van der Waals surface area contributed by atoms with E-state index in [1.54, 1.807) is 0 Å². The summed E-state index contributed by atoms with van der Waals surface area (Å²) >= 11 is 1.29. The second kappa shape index (κ2) is 14.8. The van der Waals surface area contributed by atoms with Gasteiger partial charge in [-0.1, -0.05) is 50.5 Å². The zero-order valence-corrected chi connectivity index (χ0v) is 17.8. The Morgan fingerprint density at radius 2 is 2.07 bits per heavy atom. The minimum Gasteiger partial charge on any atom is -0.480 e. The molecule has 28 heavy (non-hydrogen) atoms. The number of hydrogen-bond donors (Lipinski definition) is 3. The smallest absolute Gasteiger partial charge is 0.316 e. The molecule has 0 saturated heterocycles. The molecule has 3 N–H and O–H groups in total. The molecule has 1 fully saturated rings. The highest BCUT2D eigenvalue weighted by Crippen LogP contribution is 2.34. The van der Waals surface area contributed by atoms with Gasteiger partial charge in [0.2, 0.25) is 0 Å². The number of unbranched alkanes of at least 4 members (excludes halogenated alkanes) is 2. The number of rotatable bonds is 15. The zero-order chi connectivity index (χ0) is 20.8. The molecule has 0 amide bonds. The Morgan fingerprint density at radius 3 is 2.75 bits per heavy atom. The van der Waals surface area contributed by atoms with E-state index in [4.69, 9.17) is 5.11 Å². The number of thioether (sulfide) groups is 1. The van der Waals surface area contributed by atoms with E-state index < -0.39 is 17.3 Å². The molecule has 2 unspecified atom stereocenters. The first-order valence-electron chi connectivity index (χ1n) is 10.5. The maximum absolute atomic E-state index is 12.2. The number of Topliss-reactive ketones (excluding diaryl/α,β-unsaturated/α-hetero) is 1. The predicted octanol–water partition coefficient (Wildman–Crippen LogP) is 3.98. The average molecular weight is 413 g/mol. The van der Waals surface area contributed by atoms with Gasteiger partial charge in [-0.3, -0.25) is 9.59 Å². The number of aliphatic hydroxyl groups is 2. The minimum atomic E-state index is -0.814. The van der Waals surface area contributed by atoms with Crippen LogP contribution in [0.5, 0.6) is 0 Å². The van der Waals surface area contributed by atoms with Crippen molar-refractivity contribution in [1.29, 1.82) is 0 Å². The van der Waals surface area contributed by atoms with Crippen molar-refractivity contribution in [1.82, 2.24) is 0 Å². The molecule has 0 aromatic rings. The van der Waals surface area contributed by atoms with E-state index in [0.29, 0.717) is 30.8 Å². The van der Waals surface area contributed by atoms with Crippen molar-refractivity contribution in [3.63, 3.8) is 0 Å². The average Bonchev–Trinajstić information content (AvgIpc) is 3.01. The molecule has 1 saturated carbocycles. The Balaban J connectivity index is 2.33. The Kier molecular flexibility index (Phi) is 13.2. The lowest BCUT2D eigenvalue weighted by Gasteiger charge is -2.15. The van der Waals surface area contributed by atoms with Crippen molar-refractivity contribution in [2.24, 2.45) is 11.8 Å². The molecule has 1 aliphatic carbocycles. The van der Waals surface area contributed by atoms with Crippen molar-refractivity contribution in [2.45, 2.75) is 76.1 Å². The van der Waals surface area contributed by atoms with E-state index in [2.05, 4.69) is 6.08 Å². The fourth-order valence-corrected chi connectivity index (χ4v) is 4.51. The fraction of sp³-hybridized carbons (Fsp3) is 0.727. The molecule has 1 rings (SSSR count). The van der Waals surface area contributed by atoms with E-state index >= 15 is 0 Å². The van der Waals surface area contributed by atoms with Gasteiger partial charge < -0.3 is 15.3 Å². The molecule has 0 aromatic carbocycles. The number of carbonyl (C=O) groups is 2. The maximum atomic E-state index is 12.2. The summed E-state index contributed by atoms with van der Waals surface area (Å²) in [7, 11) is 0. The van der Waals surface area contributed by atoms with Crippen LogP contribution in [0, 0.1) is 11.8 Å². The van der Waals surface area contributed by atoms with Gasteiger partial charge in [0.25, 0.3) is 0 Å². The third-order valence-corrected chi connectivity index (χ3v) is 6.43. The highest BCUT2D eigenvalue weighted by atomic mass is 32.2. The number of allylic oxidation sites excluding steroid dienone is 2. The SMILES string of the molecule is CCC=CC(O)CC=C[C@H]1CCC(=O)[C@@H]1CCCCCC(SCCO)C(=O)O. The van der Waals surface area contributed by atoms with Gasteiger partial charge in [-0.2, -0.15) is 0 Å². The largest absolute Gasteiger partial charge is 0.480 e. The molecule has 0 radical (unpaired) electrons. The lowest BCUT2D eigenvalue weighted by Crippen LogP contribution is -2.17. The summed E-state index contributed by atoms with van der Waals surface area (Å²) in [5.41, 5.74) is 0. The third-order valence-electron chi connectivity index (χ3n) is 5.18. The highest BCUT2D eigenvalue weighted by Gasteiger charge is 2.32. The van der Waals surface area contributed by atoms with Crippen LogP contribution in [-0.2, 0) is 9.59 Å². The van der Waals surface area contributed by atoms with Gasteiger partial charge in [0, 0.05) is 18.1 Å². The van der Waals surface area contributed by atoms with E-state index in [1.165, 1.54) is 11.8 Å². The van der Waals surface area contributed by atoms with Crippen molar-refractivity contribution in [3.8, 4) is 0 Å². The summed E-state index contributed by atoms with van der Waals surface area (Å²) in [4.78, 5) is 23.4. The van der Waals surface area contributed by atoms with Gasteiger partial charge in [0.1, 0.15) is 11.0 Å². The second-order valence-electron chi connectivity index (χ2n) is 7.40. The van der Waals surface area contributed by atoms with Crippen LogP contribution in [0.15, 0.2) is 24.3 Å². The first kappa shape index (κ1) is 24.9. The standard InChI is InChI=1S/C22H36O5S/c1-2-3-9-18(24)10-7-8-17-13-14-20(25)19(17)11-5-4-6-12-21(22(26)27)28-16-15-23/h3,7-9,17-19,21,23-24H,2,4-6,10-16H2,1H3,(H,26,27)/t17-,18?,19+,21?/m0/s1. The predicted molar refractivity (Wildman–Crippen MR) is 114 cm³/mol. The monoisotopic (exact) mass is 412 g/mol. The van der Waals surface area contributed by atoms with Crippen molar-refractivity contribution < 1.29 is 24.9 Å². The Hall–Kier alpha value is -1.11. The van der Waals surface area contributed by atoms with Gasteiger partial charge in [0.15, 0.2) is 0 Å². The van der Waals surface area contributed by atoms with Crippen LogP contribution in [0.1, 0.15) is 64.7 Å². The first-order chi connectivity index (χ1) is 13.5. The molecule has 5 nitrogen and oxygen atoms in total. The van der Waals surface area contributed by atoms with E-state index in [0.717, 1.165) is 38.5 Å². The highest BCUT2D eigenvalue weighted by molar-refractivity contribution is 8.00. The van der Waals surface area contributed by atoms with E-state index in [-0.39, 0.29) is 18.4 Å². The molecule has 0 bridgehead atoms. The number of aliphatic carboxylic acids is 1. The quantitative estimate of drug-likeness (QED) is 0.278. The number of hydrogen-bond acceptors (Lipinski definition) is 5. The molecule has 0 spiro atoms.